The summed E-state index contributed by atoms with van der Waals surface area (Å²) < 4.78 is 18.6. The molecule has 154 valence electrons. The van der Waals surface area contributed by atoms with Gasteiger partial charge in [0.25, 0.3) is 5.91 Å². The van der Waals surface area contributed by atoms with Gasteiger partial charge in [-0.25, -0.2) is 9.18 Å². The summed E-state index contributed by atoms with van der Waals surface area (Å²) in [4.78, 5) is 30.4. The number of ether oxygens (including phenoxy) is 1. The van der Waals surface area contributed by atoms with Crippen molar-refractivity contribution in [3.8, 4) is 0 Å². The van der Waals surface area contributed by atoms with Crippen LogP contribution in [-0.2, 0) is 22.4 Å². The first-order chi connectivity index (χ1) is 14.5. The summed E-state index contributed by atoms with van der Waals surface area (Å²) in [6, 6.07) is 12.9. The highest BCUT2D eigenvalue weighted by molar-refractivity contribution is 6.06. The number of hydrogen-bond acceptors (Lipinski definition) is 4. The van der Waals surface area contributed by atoms with E-state index in [0.717, 1.165) is 54.3 Å². The summed E-state index contributed by atoms with van der Waals surface area (Å²) in [7, 11) is 0. The van der Waals surface area contributed by atoms with Gasteiger partial charge in [0, 0.05) is 16.8 Å². The van der Waals surface area contributed by atoms with E-state index in [-0.39, 0.29) is 0 Å². The normalized spacial score (nSPS) is 14.5. The summed E-state index contributed by atoms with van der Waals surface area (Å²) >= 11 is 0. The molecule has 5 nitrogen and oxygen atoms in total. The molecule has 0 radical (unpaired) electrons. The Kier molecular flexibility index (Phi) is 5.74. The largest absolute Gasteiger partial charge is 0.449 e. The molecule has 1 amide bonds. The van der Waals surface area contributed by atoms with Crippen LogP contribution in [0.4, 0.5) is 10.1 Å². The highest BCUT2D eigenvalue weighted by Gasteiger charge is 2.26. The van der Waals surface area contributed by atoms with Crippen molar-refractivity contribution < 1.29 is 18.7 Å². The zero-order valence-electron chi connectivity index (χ0n) is 16.8. The lowest BCUT2D eigenvalue weighted by atomic mass is 9.97. The first-order valence-electron chi connectivity index (χ1n) is 10.2. The molecular weight excluding hydrogens is 383 g/mol. The van der Waals surface area contributed by atoms with E-state index in [2.05, 4.69) is 5.32 Å². The number of benzene rings is 2. The zero-order chi connectivity index (χ0) is 21.1. The van der Waals surface area contributed by atoms with Crippen molar-refractivity contribution in [3.63, 3.8) is 0 Å². The lowest BCUT2D eigenvalue weighted by molar-refractivity contribution is -0.123. The summed E-state index contributed by atoms with van der Waals surface area (Å²) in [5.41, 5.74) is 3.59. The van der Waals surface area contributed by atoms with Gasteiger partial charge < -0.3 is 10.1 Å². The molecule has 1 aliphatic rings. The monoisotopic (exact) mass is 406 g/mol. The number of nitrogens with one attached hydrogen (secondary N) is 1. The van der Waals surface area contributed by atoms with Gasteiger partial charge >= 0.3 is 5.97 Å². The highest BCUT2D eigenvalue weighted by Crippen LogP contribution is 2.29. The maximum absolute atomic E-state index is 13.2. The number of halogens is 1. The van der Waals surface area contributed by atoms with Gasteiger partial charge in [-0.15, -0.1) is 0 Å². The molecule has 1 N–H and O–H groups in total. The predicted molar refractivity (Wildman–Crippen MR) is 113 cm³/mol. The van der Waals surface area contributed by atoms with Gasteiger partial charge in [0.1, 0.15) is 5.82 Å². The number of carbonyl (C=O) groups is 2. The van der Waals surface area contributed by atoms with Crippen LogP contribution in [0.2, 0.25) is 0 Å². The van der Waals surface area contributed by atoms with Crippen molar-refractivity contribution in [1.29, 1.82) is 0 Å². The number of aromatic nitrogens is 1. The standard InChI is InChI=1S/C24H23FN2O3/c1-15(23(28)26-17-13-11-16(25)12-14-17)30-24(29)22-18-7-3-2-4-9-20(18)27-21-10-6-5-8-19(21)22/h5-6,8,10-15H,2-4,7,9H2,1H3,(H,26,28)/t15-/m0/s1. The van der Waals surface area contributed by atoms with E-state index in [1.165, 1.54) is 31.2 Å². The number of amides is 1. The average molecular weight is 406 g/mol. The van der Waals surface area contributed by atoms with E-state index in [1.807, 2.05) is 24.3 Å². The van der Waals surface area contributed by atoms with Gasteiger partial charge in [-0.2, -0.15) is 0 Å². The van der Waals surface area contributed by atoms with Gasteiger partial charge in [0.05, 0.1) is 11.1 Å². The summed E-state index contributed by atoms with van der Waals surface area (Å²) in [5, 5.41) is 3.38. The number of para-hydroxylation sites is 1. The molecule has 0 aliphatic heterocycles. The van der Waals surface area contributed by atoms with Crippen LogP contribution in [0.3, 0.4) is 0 Å². The molecule has 0 bridgehead atoms. The molecule has 3 aromatic rings. The highest BCUT2D eigenvalue weighted by atomic mass is 19.1. The molecule has 1 atom stereocenters. The molecule has 30 heavy (non-hydrogen) atoms. The van der Waals surface area contributed by atoms with Crippen molar-refractivity contribution in [1.82, 2.24) is 4.98 Å². The van der Waals surface area contributed by atoms with Crippen molar-refractivity contribution in [3.05, 3.63) is 71.2 Å². The van der Waals surface area contributed by atoms with Crippen LogP contribution in [0.15, 0.2) is 48.5 Å². The van der Waals surface area contributed by atoms with Crippen LogP contribution in [0.5, 0.6) is 0 Å². The Morgan fingerprint density at radius 1 is 1.03 bits per heavy atom. The second-order valence-electron chi connectivity index (χ2n) is 7.53. The third-order valence-corrected chi connectivity index (χ3v) is 5.39. The third-order valence-electron chi connectivity index (χ3n) is 5.39. The topological polar surface area (TPSA) is 68.3 Å². The Hall–Kier alpha value is -3.28. The van der Waals surface area contributed by atoms with E-state index in [0.29, 0.717) is 11.3 Å². The minimum atomic E-state index is -1.00. The fourth-order valence-electron chi connectivity index (χ4n) is 3.83. The lowest BCUT2D eigenvalue weighted by Gasteiger charge is -2.18. The minimum absolute atomic E-state index is 0.391. The maximum atomic E-state index is 13.2. The Balaban J connectivity index is 1.60. The number of esters is 1. The second kappa shape index (κ2) is 8.61. The number of anilines is 1. The van der Waals surface area contributed by atoms with Crippen LogP contribution in [0, 0.1) is 5.82 Å². The second-order valence-corrected chi connectivity index (χ2v) is 7.53. The Bertz CT molecular complexity index is 1100. The van der Waals surface area contributed by atoms with Gasteiger partial charge in [-0.05, 0) is 68.5 Å². The fourth-order valence-corrected chi connectivity index (χ4v) is 3.83. The van der Waals surface area contributed by atoms with Crippen LogP contribution < -0.4 is 5.32 Å². The number of aryl methyl sites for hydroxylation is 1. The molecule has 0 saturated heterocycles. The fraction of sp³-hybridized carbons (Fsp3) is 0.292. The maximum Gasteiger partial charge on any atom is 0.339 e. The smallest absolute Gasteiger partial charge is 0.339 e. The van der Waals surface area contributed by atoms with Gasteiger partial charge in [0.15, 0.2) is 6.10 Å². The summed E-state index contributed by atoms with van der Waals surface area (Å²) in [5.74, 6) is -1.38. The Labute approximate surface area is 174 Å². The van der Waals surface area contributed by atoms with Crippen LogP contribution in [0.25, 0.3) is 10.9 Å². The first-order valence-corrected chi connectivity index (χ1v) is 10.2. The molecule has 0 fully saturated rings. The van der Waals surface area contributed by atoms with E-state index >= 15 is 0 Å². The van der Waals surface area contributed by atoms with Crippen molar-refractivity contribution >= 4 is 28.5 Å². The first kappa shape index (κ1) is 20.0. The molecule has 1 heterocycles. The van der Waals surface area contributed by atoms with Gasteiger partial charge in [-0.1, -0.05) is 24.6 Å². The minimum Gasteiger partial charge on any atom is -0.449 e. The molecule has 0 saturated carbocycles. The molecule has 4 rings (SSSR count). The molecular formula is C24H23FN2O3. The number of carbonyl (C=O) groups excluding carboxylic acids is 2. The van der Waals surface area contributed by atoms with Crippen LogP contribution in [-0.4, -0.2) is 23.0 Å². The number of hydrogen-bond donors (Lipinski definition) is 1. The average Bonchev–Trinajstić information content (AvgIpc) is 2.98. The van der Waals surface area contributed by atoms with Gasteiger partial charge in [-0.3, -0.25) is 9.78 Å². The van der Waals surface area contributed by atoms with Crippen molar-refractivity contribution in [2.45, 2.75) is 45.1 Å². The number of rotatable bonds is 4. The molecule has 1 aliphatic carbocycles. The van der Waals surface area contributed by atoms with E-state index in [1.54, 1.807) is 0 Å². The van der Waals surface area contributed by atoms with Crippen LogP contribution >= 0.6 is 0 Å². The van der Waals surface area contributed by atoms with Crippen LogP contribution in [0.1, 0.15) is 47.8 Å². The number of pyridine rings is 1. The van der Waals surface area contributed by atoms with Gasteiger partial charge in [0.2, 0.25) is 0 Å². The van der Waals surface area contributed by atoms with E-state index in [9.17, 15) is 14.0 Å². The van der Waals surface area contributed by atoms with E-state index < -0.39 is 23.8 Å². The van der Waals surface area contributed by atoms with E-state index in [4.69, 9.17) is 9.72 Å². The summed E-state index contributed by atoms with van der Waals surface area (Å²) in [6.45, 7) is 1.53. The summed E-state index contributed by atoms with van der Waals surface area (Å²) in [6.07, 6.45) is 3.74. The van der Waals surface area contributed by atoms with Crippen molar-refractivity contribution in [2.24, 2.45) is 0 Å². The van der Waals surface area contributed by atoms with Crippen molar-refractivity contribution in [2.75, 3.05) is 5.32 Å². The Morgan fingerprint density at radius 3 is 2.57 bits per heavy atom. The zero-order valence-corrected chi connectivity index (χ0v) is 16.8. The predicted octanol–water partition coefficient (Wildman–Crippen LogP) is 4.83. The molecule has 0 spiro atoms. The SMILES string of the molecule is C[C@H](OC(=O)c1c2c(nc3ccccc13)CCCCC2)C(=O)Nc1ccc(F)cc1. The lowest BCUT2D eigenvalue weighted by Crippen LogP contribution is -2.30. The number of nitrogens with zero attached hydrogens (tertiary/aromatic N) is 1. The molecule has 6 heteroatoms. The number of fused-ring (bicyclic) bond motifs is 2. The molecule has 1 aromatic heterocycles. The third kappa shape index (κ3) is 4.17. The quantitative estimate of drug-likeness (QED) is 0.498. The Morgan fingerprint density at radius 2 is 1.77 bits per heavy atom. The molecule has 0 unspecified atom stereocenters. The molecule has 2 aromatic carbocycles.